The second kappa shape index (κ2) is 8.49. The molecular weight excluding hydrogens is 413 g/mol. The van der Waals surface area contributed by atoms with E-state index in [9.17, 15) is 27.7 Å². The lowest BCUT2D eigenvalue weighted by molar-refractivity contribution is -0.385. The van der Waals surface area contributed by atoms with Gasteiger partial charge in [0.2, 0.25) is 10.0 Å². The number of amides is 1. The third-order valence-corrected chi connectivity index (χ3v) is 7.02. The van der Waals surface area contributed by atoms with Crippen LogP contribution in [0, 0.1) is 15.9 Å². The fourth-order valence-electron chi connectivity index (χ4n) is 3.27. The second-order valence-electron chi connectivity index (χ2n) is 7.34. The molecule has 0 unspecified atom stereocenters. The first-order valence-corrected chi connectivity index (χ1v) is 10.9. The van der Waals surface area contributed by atoms with E-state index in [2.05, 4.69) is 0 Å². The average molecular weight is 435 g/mol. The Labute approximate surface area is 174 Å². The number of nitro groups is 1. The van der Waals surface area contributed by atoms with Crippen molar-refractivity contribution in [1.29, 1.82) is 0 Å². The highest BCUT2D eigenvalue weighted by Crippen LogP contribution is 2.23. The van der Waals surface area contributed by atoms with Gasteiger partial charge in [-0.2, -0.15) is 4.31 Å². The quantitative estimate of drug-likeness (QED) is 0.531. The molecule has 0 aliphatic carbocycles. The number of nitro benzene ring substituents is 1. The van der Waals surface area contributed by atoms with E-state index >= 15 is 0 Å². The molecular formula is C20H22FN3O5S. The van der Waals surface area contributed by atoms with Gasteiger partial charge in [-0.3, -0.25) is 14.9 Å². The van der Waals surface area contributed by atoms with Crippen LogP contribution in [-0.2, 0) is 10.0 Å². The lowest BCUT2D eigenvalue weighted by Crippen LogP contribution is -2.50. The van der Waals surface area contributed by atoms with Gasteiger partial charge in [0.05, 0.1) is 21.4 Å². The molecule has 0 spiro atoms. The van der Waals surface area contributed by atoms with E-state index in [0.29, 0.717) is 6.07 Å². The molecule has 3 rings (SSSR count). The first-order valence-electron chi connectivity index (χ1n) is 9.44. The highest BCUT2D eigenvalue weighted by atomic mass is 32.2. The summed E-state index contributed by atoms with van der Waals surface area (Å²) in [6.07, 6.45) is 0. The molecule has 1 heterocycles. The van der Waals surface area contributed by atoms with E-state index in [1.54, 1.807) is 24.3 Å². The summed E-state index contributed by atoms with van der Waals surface area (Å²) in [5.74, 6) is -1.31. The molecule has 0 N–H and O–H groups in total. The zero-order valence-corrected chi connectivity index (χ0v) is 17.4. The Kier molecular flexibility index (Phi) is 6.18. The predicted molar refractivity (Wildman–Crippen MR) is 108 cm³/mol. The van der Waals surface area contributed by atoms with Gasteiger partial charge in [-0.1, -0.05) is 26.0 Å². The number of hydrogen-bond acceptors (Lipinski definition) is 5. The summed E-state index contributed by atoms with van der Waals surface area (Å²) in [5, 5.41) is 10.7. The van der Waals surface area contributed by atoms with Crippen LogP contribution in [0.15, 0.2) is 47.4 Å². The highest BCUT2D eigenvalue weighted by molar-refractivity contribution is 7.89. The van der Waals surface area contributed by atoms with Crippen LogP contribution in [0.1, 0.15) is 35.7 Å². The maximum atomic E-state index is 14.1. The molecule has 1 amide bonds. The van der Waals surface area contributed by atoms with E-state index in [1.807, 2.05) is 13.8 Å². The second-order valence-corrected chi connectivity index (χ2v) is 9.28. The number of non-ortho nitro benzene ring substituents is 1. The van der Waals surface area contributed by atoms with Gasteiger partial charge in [-0.25, -0.2) is 12.8 Å². The topological polar surface area (TPSA) is 101 Å². The molecule has 1 aliphatic heterocycles. The van der Waals surface area contributed by atoms with Crippen molar-refractivity contribution < 1.29 is 22.5 Å². The molecule has 30 heavy (non-hydrogen) atoms. The summed E-state index contributed by atoms with van der Waals surface area (Å²) in [7, 11) is -3.70. The SMILES string of the molecule is CC(C)c1ccc(S(=O)(=O)N2CCN(C(=O)c3ccc([N+](=O)[O-])cc3F)CC2)cc1. The molecule has 0 aromatic heterocycles. The Morgan fingerprint density at radius 1 is 1.07 bits per heavy atom. The van der Waals surface area contributed by atoms with Gasteiger partial charge in [0.1, 0.15) is 5.82 Å². The van der Waals surface area contributed by atoms with Crippen LogP contribution in [0.4, 0.5) is 10.1 Å². The molecule has 2 aromatic carbocycles. The maximum Gasteiger partial charge on any atom is 0.272 e. The average Bonchev–Trinajstić information content (AvgIpc) is 2.73. The van der Waals surface area contributed by atoms with Crippen molar-refractivity contribution in [1.82, 2.24) is 9.21 Å². The van der Waals surface area contributed by atoms with Gasteiger partial charge in [-0.05, 0) is 29.7 Å². The van der Waals surface area contributed by atoms with Crippen molar-refractivity contribution in [2.24, 2.45) is 0 Å². The van der Waals surface area contributed by atoms with E-state index in [-0.39, 0.29) is 42.6 Å². The standard InChI is InChI=1S/C20H22FN3O5S/c1-14(2)15-3-6-17(7-4-15)30(28,29)23-11-9-22(10-12-23)20(25)18-8-5-16(24(26)27)13-19(18)21/h3-8,13-14H,9-12H2,1-2H3. The molecule has 0 atom stereocenters. The Morgan fingerprint density at radius 3 is 2.17 bits per heavy atom. The van der Waals surface area contributed by atoms with Crippen LogP contribution in [-0.4, -0.2) is 54.6 Å². The summed E-state index contributed by atoms with van der Waals surface area (Å²) < 4.78 is 41.2. The predicted octanol–water partition coefficient (Wildman–Crippen LogP) is 3.00. The minimum Gasteiger partial charge on any atom is -0.336 e. The first kappa shape index (κ1) is 21.8. The zero-order chi connectivity index (χ0) is 22.1. The van der Waals surface area contributed by atoms with Crippen LogP contribution in [0.5, 0.6) is 0 Å². The van der Waals surface area contributed by atoms with E-state index < -0.39 is 32.4 Å². The summed E-state index contributed by atoms with van der Waals surface area (Å²) >= 11 is 0. The lowest BCUT2D eigenvalue weighted by Gasteiger charge is -2.34. The van der Waals surface area contributed by atoms with Gasteiger partial charge < -0.3 is 4.90 Å². The summed E-state index contributed by atoms with van der Waals surface area (Å²) in [4.78, 5) is 24.1. The molecule has 1 saturated heterocycles. The van der Waals surface area contributed by atoms with E-state index in [4.69, 9.17) is 0 Å². The number of carbonyl (C=O) groups excluding carboxylic acids is 1. The molecule has 160 valence electrons. The molecule has 0 radical (unpaired) electrons. The lowest BCUT2D eigenvalue weighted by atomic mass is 10.0. The van der Waals surface area contributed by atoms with E-state index in [1.165, 1.54) is 9.21 Å². The Hall–Kier alpha value is -2.85. The summed E-state index contributed by atoms with van der Waals surface area (Å²) in [5.41, 5.74) is 0.319. The Bertz CT molecular complexity index is 1060. The van der Waals surface area contributed by atoms with Crippen molar-refractivity contribution in [2.45, 2.75) is 24.7 Å². The van der Waals surface area contributed by atoms with Crippen LogP contribution in [0.3, 0.4) is 0 Å². The fourth-order valence-corrected chi connectivity index (χ4v) is 4.69. The van der Waals surface area contributed by atoms with Gasteiger partial charge in [0.15, 0.2) is 0 Å². The van der Waals surface area contributed by atoms with E-state index in [0.717, 1.165) is 17.7 Å². The van der Waals surface area contributed by atoms with Crippen molar-refractivity contribution >= 4 is 21.6 Å². The Balaban J connectivity index is 1.69. The highest BCUT2D eigenvalue weighted by Gasteiger charge is 2.31. The monoisotopic (exact) mass is 435 g/mol. The third-order valence-electron chi connectivity index (χ3n) is 5.10. The van der Waals surface area contributed by atoms with Crippen molar-refractivity contribution in [2.75, 3.05) is 26.2 Å². The first-order chi connectivity index (χ1) is 14.1. The minimum absolute atomic E-state index is 0.0780. The zero-order valence-electron chi connectivity index (χ0n) is 16.6. The number of nitrogens with zero attached hydrogens (tertiary/aromatic N) is 3. The van der Waals surface area contributed by atoms with Crippen molar-refractivity contribution in [3.8, 4) is 0 Å². The smallest absolute Gasteiger partial charge is 0.272 e. The molecule has 8 nitrogen and oxygen atoms in total. The number of rotatable bonds is 5. The fraction of sp³-hybridized carbons (Fsp3) is 0.350. The summed E-state index contributed by atoms with van der Waals surface area (Å²) in [6, 6.07) is 9.58. The number of hydrogen-bond donors (Lipinski definition) is 0. The van der Waals surface area contributed by atoms with Crippen LogP contribution in [0.25, 0.3) is 0 Å². The third kappa shape index (κ3) is 4.34. The molecule has 1 fully saturated rings. The van der Waals surface area contributed by atoms with Crippen LogP contribution in [0.2, 0.25) is 0 Å². The number of benzene rings is 2. The molecule has 1 aliphatic rings. The number of piperazine rings is 1. The van der Waals surface area contributed by atoms with Gasteiger partial charge in [-0.15, -0.1) is 0 Å². The largest absolute Gasteiger partial charge is 0.336 e. The maximum absolute atomic E-state index is 14.1. The Morgan fingerprint density at radius 2 is 1.67 bits per heavy atom. The molecule has 2 aromatic rings. The number of carbonyl (C=O) groups is 1. The van der Waals surface area contributed by atoms with Gasteiger partial charge in [0.25, 0.3) is 11.6 Å². The molecule has 0 saturated carbocycles. The molecule has 10 heteroatoms. The minimum atomic E-state index is -3.70. The van der Waals surface area contributed by atoms with Gasteiger partial charge >= 0.3 is 0 Å². The molecule has 0 bridgehead atoms. The van der Waals surface area contributed by atoms with Gasteiger partial charge in [0, 0.05) is 32.2 Å². The summed E-state index contributed by atoms with van der Waals surface area (Å²) in [6.45, 7) is 4.39. The van der Waals surface area contributed by atoms with Crippen molar-refractivity contribution in [3.05, 3.63) is 69.5 Å². The number of sulfonamides is 1. The van der Waals surface area contributed by atoms with Crippen LogP contribution < -0.4 is 0 Å². The van der Waals surface area contributed by atoms with Crippen molar-refractivity contribution in [3.63, 3.8) is 0 Å². The number of halogens is 1. The normalized spacial score (nSPS) is 15.4. The van der Waals surface area contributed by atoms with Crippen LogP contribution >= 0.6 is 0 Å².